The molecule has 0 bridgehead atoms. The van der Waals surface area contributed by atoms with Gasteiger partial charge in [-0.15, -0.1) is 0 Å². The van der Waals surface area contributed by atoms with Crippen molar-refractivity contribution in [2.75, 3.05) is 0 Å². The molecule has 0 atom stereocenters. The van der Waals surface area contributed by atoms with Crippen LogP contribution in [0.25, 0.3) is 0 Å². The van der Waals surface area contributed by atoms with Crippen LogP contribution in [0.3, 0.4) is 0 Å². The van der Waals surface area contributed by atoms with Gasteiger partial charge in [0.1, 0.15) is 0 Å². The summed E-state index contributed by atoms with van der Waals surface area (Å²) in [5.41, 5.74) is 55.8. The molecule has 0 fully saturated rings. The molecule has 0 unspecified atom stereocenters. The molecule has 0 aromatic carbocycles. The van der Waals surface area contributed by atoms with Gasteiger partial charge < -0.3 is 0 Å². The van der Waals surface area contributed by atoms with E-state index in [1.807, 2.05) is 0 Å². The van der Waals surface area contributed by atoms with Crippen LogP contribution < -0.4 is 0 Å². The van der Waals surface area contributed by atoms with E-state index in [1.165, 1.54) is 0 Å². The summed E-state index contributed by atoms with van der Waals surface area (Å²) in [6.07, 6.45) is 0. The second kappa shape index (κ2) is 18.4. The number of hydrogen-bond acceptors (Lipinski definition) is 0. The fourth-order valence-electron chi connectivity index (χ4n) is 3.35. The molecular weight excluding hydrogens is 830 g/mol. The molecule has 10 heteroatoms. The van der Waals surface area contributed by atoms with Crippen LogP contribution in [0.5, 0.6) is 0 Å². The van der Waals surface area contributed by atoms with Crippen molar-refractivity contribution >= 4 is 85.9 Å². The Labute approximate surface area is 336 Å². The van der Waals surface area contributed by atoms with Gasteiger partial charge in [-0.3, -0.25) is 0 Å². The zero-order valence-corrected chi connectivity index (χ0v) is 48.7. The quantitative estimate of drug-likeness (QED) is 0.182. The molecule has 0 saturated heterocycles. The zero-order chi connectivity index (χ0) is 41.3. The summed E-state index contributed by atoms with van der Waals surface area (Å²) in [5, 5.41) is 0. The molecule has 0 rings (SSSR count). The zero-order valence-electron chi connectivity index (χ0n) is 37.6. The fourth-order valence-corrected chi connectivity index (χ4v) is 30.9. The molecule has 0 radical (unpaired) electrons. The van der Waals surface area contributed by atoms with E-state index in [0.29, 0.717) is 0 Å². The van der Waals surface area contributed by atoms with Gasteiger partial charge in [0.2, 0.25) is 0 Å². The van der Waals surface area contributed by atoms with Gasteiger partial charge in [-0.2, -0.15) is 0 Å². The summed E-state index contributed by atoms with van der Waals surface area (Å²) in [7, 11) is -17.7. The van der Waals surface area contributed by atoms with Crippen molar-refractivity contribution in [3.8, 4) is 97.4 Å². The molecule has 278 valence electrons. The van der Waals surface area contributed by atoms with Crippen molar-refractivity contribution in [1.82, 2.24) is 0 Å². The van der Waals surface area contributed by atoms with Crippen LogP contribution in [0, 0.1) is 97.4 Å². The molecule has 0 spiro atoms. The average molecular weight is 900 g/mol. The third kappa shape index (κ3) is 24.0. The molecule has 0 aromatic heterocycles. The molecule has 0 saturated carbocycles. The Balaban J connectivity index is 8.74. The molecule has 0 aliphatic heterocycles. The summed E-state index contributed by atoms with van der Waals surface area (Å²) >= 11 is -3.68. The third-order valence-corrected chi connectivity index (χ3v) is 27.4. The van der Waals surface area contributed by atoms with Crippen LogP contribution in [-0.4, -0.2) is 85.9 Å². The fraction of sp³-hybridized carbons (Fsp3) is 0.571. The average Bonchev–Trinajstić information content (AvgIpc) is 2.93. The SMILES string of the molecule is C[CH](C)[Ge]([C]#C[Si](C)(C#C[Si](C)(C)C)C#C[Si](C)(C)C)([C]#C[Si](C)(C#C[Si](C)(C)C)C#C[Si](C)(C)C)[C]#C[Si](C)(C#C[Si](C)(C)C)C#C[Si](C)(C)C. The minimum absolute atomic E-state index is 0.196. The van der Waals surface area contributed by atoms with Gasteiger partial charge in [-0.05, 0) is 0 Å². The molecule has 0 aliphatic carbocycles. The van der Waals surface area contributed by atoms with E-state index in [9.17, 15) is 0 Å². The van der Waals surface area contributed by atoms with Gasteiger partial charge in [0, 0.05) is 0 Å². The van der Waals surface area contributed by atoms with Gasteiger partial charge in [-0.1, -0.05) is 0 Å². The molecule has 0 nitrogen and oxygen atoms in total. The topological polar surface area (TPSA) is 0 Å². The van der Waals surface area contributed by atoms with Crippen molar-refractivity contribution < 1.29 is 0 Å². The maximum absolute atomic E-state index is 3.94. The molecular formula is C42H70GeSi9. The molecule has 0 heterocycles. The second-order valence-electron chi connectivity index (χ2n) is 21.1. The van der Waals surface area contributed by atoms with Crippen LogP contribution in [0.2, 0.25) is 142 Å². The Morgan fingerprint density at radius 1 is 0.250 bits per heavy atom. The Morgan fingerprint density at radius 3 is 0.519 bits per heavy atom. The van der Waals surface area contributed by atoms with E-state index >= 15 is 0 Å². The third-order valence-electron chi connectivity index (χ3n) is 6.52. The van der Waals surface area contributed by atoms with Gasteiger partial charge >= 0.3 is 339 Å². The second-order valence-corrected chi connectivity index (χ2v) is 66.0. The van der Waals surface area contributed by atoms with Crippen LogP contribution in [0.4, 0.5) is 0 Å². The summed E-state index contributed by atoms with van der Waals surface area (Å²) in [5.74, 6) is 0. The van der Waals surface area contributed by atoms with Crippen molar-refractivity contribution in [3.05, 3.63) is 0 Å². The van der Waals surface area contributed by atoms with Gasteiger partial charge in [-0.25, -0.2) is 0 Å². The predicted molar refractivity (Wildman–Crippen MR) is 266 cm³/mol. The van der Waals surface area contributed by atoms with E-state index < -0.39 is 85.9 Å². The van der Waals surface area contributed by atoms with Crippen LogP contribution in [0.15, 0.2) is 0 Å². The first-order valence-electron chi connectivity index (χ1n) is 18.7. The van der Waals surface area contributed by atoms with Crippen molar-refractivity contribution in [2.24, 2.45) is 0 Å². The Morgan fingerprint density at radius 2 is 0.404 bits per heavy atom. The number of hydrogen-bond donors (Lipinski definition) is 0. The van der Waals surface area contributed by atoms with Crippen LogP contribution in [-0.2, 0) is 0 Å². The minimum atomic E-state index is -3.68. The molecule has 0 aliphatic rings. The summed E-state index contributed by atoms with van der Waals surface area (Å²) in [6.45, 7) is 52.6. The monoisotopic (exact) mass is 900 g/mol. The maximum atomic E-state index is 3.94. The first kappa shape index (κ1) is 50.5. The molecule has 0 amide bonds. The summed E-state index contributed by atoms with van der Waals surface area (Å²) in [6, 6.07) is 0. The Bertz CT molecular complexity index is 1590. The van der Waals surface area contributed by atoms with Gasteiger partial charge in [0.05, 0.1) is 0 Å². The summed E-state index contributed by atoms with van der Waals surface area (Å²) < 4.78 is 12.0. The standard InChI is InChI=1S/C42H70GeSi9/c1-42(2)43(24-27-50(21,36-30-44(3,4)5)37-31-45(6,7)8,25-28-51(22,38-32-46(9,10)11)39-33-47(12,13)14)26-29-52(23,40-34-48(15,16)17)41-35-49(18,19)20/h42H,1-23H3. The van der Waals surface area contributed by atoms with Crippen molar-refractivity contribution in [1.29, 1.82) is 0 Å². The predicted octanol–water partition coefficient (Wildman–Crippen LogP) is 9.85. The first-order chi connectivity index (χ1) is 22.8. The number of rotatable bonds is 1. The van der Waals surface area contributed by atoms with E-state index in [0.717, 1.165) is 0 Å². The van der Waals surface area contributed by atoms with Crippen LogP contribution in [0.1, 0.15) is 13.8 Å². The first-order valence-corrected chi connectivity index (χ1v) is 51.6. The summed E-state index contributed by atoms with van der Waals surface area (Å²) in [4.78, 5) is 0. The van der Waals surface area contributed by atoms with E-state index in [1.54, 1.807) is 0 Å². The Hall–Kier alpha value is -1.47. The Kier molecular flexibility index (Phi) is 17.9. The molecule has 0 aromatic rings. The van der Waals surface area contributed by atoms with E-state index in [4.69, 9.17) is 0 Å². The van der Waals surface area contributed by atoms with Gasteiger partial charge in [0.25, 0.3) is 0 Å². The van der Waals surface area contributed by atoms with Crippen LogP contribution >= 0.6 is 0 Å². The van der Waals surface area contributed by atoms with E-state index in [-0.39, 0.29) is 4.75 Å². The normalized spacial score (nSPS) is 12.5. The van der Waals surface area contributed by atoms with Crippen molar-refractivity contribution in [3.63, 3.8) is 0 Å². The van der Waals surface area contributed by atoms with E-state index in [2.05, 4.69) is 249 Å². The van der Waals surface area contributed by atoms with Crippen molar-refractivity contribution in [2.45, 2.75) is 156 Å². The molecule has 0 N–H and O–H groups in total. The molecule has 52 heavy (non-hydrogen) atoms. The van der Waals surface area contributed by atoms with Gasteiger partial charge in [0.15, 0.2) is 0 Å².